The first-order chi connectivity index (χ1) is 23.6. The highest BCUT2D eigenvalue weighted by molar-refractivity contribution is 6.05. The average molecular weight is 649 g/mol. The molecule has 0 radical (unpaired) electrons. The highest BCUT2D eigenvalue weighted by atomic mass is 16.5. The normalized spacial score (nSPS) is 14.2. The van der Waals surface area contributed by atoms with Gasteiger partial charge in [-0.2, -0.15) is 0 Å². The van der Waals surface area contributed by atoms with E-state index in [9.17, 15) is 9.59 Å². The first-order valence-corrected chi connectivity index (χ1v) is 16.5. The van der Waals surface area contributed by atoms with E-state index in [2.05, 4.69) is 61.6 Å². The van der Waals surface area contributed by atoms with Gasteiger partial charge in [0.05, 0.1) is 37.5 Å². The number of anilines is 4. The van der Waals surface area contributed by atoms with Crippen molar-refractivity contribution in [1.29, 1.82) is 0 Å². The fourth-order valence-corrected chi connectivity index (χ4v) is 5.44. The van der Waals surface area contributed by atoms with Crippen LogP contribution in [0, 0.1) is 6.92 Å². The van der Waals surface area contributed by atoms with Crippen LogP contribution in [0.2, 0.25) is 0 Å². The van der Waals surface area contributed by atoms with E-state index in [0.29, 0.717) is 12.0 Å². The van der Waals surface area contributed by atoms with Crippen molar-refractivity contribution in [1.82, 2.24) is 9.97 Å². The monoisotopic (exact) mass is 648 g/mol. The van der Waals surface area contributed by atoms with Crippen molar-refractivity contribution < 1.29 is 19.1 Å². The Labute approximate surface area is 282 Å². The Morgan fingerprint density at radius 3 is 1.85 bits per heavy atom. The van der Waals surface area contributed by atoms with Gasteiger partial charge in [0.25, 0.3) is 5.91 Å². The third-order valence-electron chi connectivity index (χ3n) is 8.04. The Morgan fingerprint density at radius 2 is 1.29 bits per heavy atom. The van der Waals surface area contributed by atoms with Crippen LogP contribution in [-0.2, 0) is 14.3 Å². The molecule has 0 unspecified atom stereocenters. The fraction of sp³-hybridized carbons (Fsp3) is 0.289. The molecule has 0 bridgehead atoms. The Balaban J connectivity index is 0.000000222. The maximum atomic E-state index is 12.7. The van der Waals surface area contributed by atoms with Gasteiger partial charge in [0.15, 0.2) is 0 Å². The van der Waals surface area contributed by atoms with Crippen LogP contribution in [0.4, 0.5) is 22.7 Å². The second-order valence-corrected chi connectivity index (χ2v) is 11.2. The van der Waals surface area contributed by atoms with E-state index in [1.807, 2.05) is 80.6 Å². The van der Waals surface area contributed by atoms with Crippen LogP contribution in [0.15, 0.2) is 91.0 Å². The summed E-state index contributed by atoms with van der Waals surface area (Å²) in [6, 6.07) is 29.5. The lowest BCUT2D eigenvalue weighted by Crippen LogP contribution is -2.36. The standard InChI is InChI=1S/C25H24N4O2.C11H14N2O2.C2H6/c1-17-2-4-18(5-3-17)24-27-22-11-8-20(16-23(22)28-24)26-25(30)19-6-9-21(10-7-19)29-12-14-31-15-13-29;14-9-12-10-1-3-11(4-2-10)13-5-7-15-8-6-13;1-2/h2-11,16H,12-15H2,1H3,(H,26,30)(H,27,28);1-4,9H,5-8H2,(H,12,14);1-2H3. The highest BCUT2D eigenvalue weighted by Gasteiger charge is 2.14. The van der Waals surface area contributed by atoms with Gasteiger partial charge in [-0.25, -0.2) is 4.98 Å². The molecule has 5 aromatic rings. The lowest BCUT2D eigenvalue weighted by Gasteiger charge is -2.28. The van der Waals surface area contributed by atoms with Gasteiger partial charge in [0.1, 0.15) is 5.82 Å². The van der Waals surface area contributed by atoms with Crippen LogP contribution in [0.3, 0.4) is 0 Å². The summed E-state index contributed by atoms with van der Waals surface area (Å²) in [5.74, 6) is 0.684. The molecule has 2 fully saturated rings. The predicted octanol–water partition coefficient (Wildman–Crippen LogP) is 6.74. The van der Waals surface area contributed by atoms with Crippen LogP contribution in [0.25, 0.3) is 22.4 Å². The molecule has 0 spiro atoms. The Morgan fingerprint density at radius 1 is 0.750 bits per heavy atom. The fourth-order valence-electron chi connectivity index (χ4n) is 5.44. The van der Waals surface area contributed by atoms with Gasteiger partial charge >= 0.3 is 0 Å². The van der Waals surface area contributed by atoms with Gasteiger partial charge in [0.2, 0.25) is 6.41 Å². The number of fused-ring (bicyclic) bond motifs is 1. The maximum absolute atomic E-state index is 12.7. The van der Waals surface area contributed by atoms with Crippen LogP contribution in [0.1, 0.15) is 29.8 Å². The number of ether oxygens (including phenoxy) is 2. The minimum atomic E-state index is -0.133. The summed E-state index contributed by atoms with van der Waals surface area (Å²) in [4.78, 5) is 35.5. The number of rotatable bonds is 7. The zero-order chi connectivity index (χ0) is 33.7. The molecule has 4 aromatic carbocycles. The van der Waals surface area contributed by atoms with Gasteiger partial charge < -0.3 is 34.9 Å². The molecule has 0 atom stereocenters. The highest BCUT2D eigenvalue weighted by Crippen LogP contribution is 2.24. The predicted molar refractivity (Wildman–Crippen MR) is 194 cm³/mol. The molecule has 250 valence electrons. The number of nitrogens with zero attached hydrogens (tertiary/aromatic N) is 3. The second-order valence-electron chi connectivity index (χ2n) is 11.2. The number of H-pyrrole nitrogens is 1. The number of carbonyl (C=O) groups excluding carboxylic acids is 2. The molecule has 0 aliphatic carbocycles. The number of aromatic nitrogens is 2. The molecular weight excluding hydrogens is 604 g/mol. The Kier molecular flexibility index (Phi) is 12.2. The lowest BCUT2D eigenvalue weighted by atomic mass is 10.1. The molecule has 10 nitrogen and oxygen atoms in total. The van der Waals surface area contributed by atoms with E-state index in [1.54, 1.807) is 0 Å². The number of imidazole rings is 1. The van der Waals surface area contributed by atoms with Crippen LogP contribution < -0.4 is 20.4 Å². The second kappa shape index (κ2) is 17.1. The van der Waals surface area contributed by atoms with Crippen molar-refractivity contribution in [3.05, 3.63) is 102 Å². The van der Waals surface area contributed by atoms with Crippen molar-refractivity contribution >= 4 is 46.1 Å². The molecule has 3 heterocycles. The van der Waals surface area contributed by atoms with Crippen molar-refractivity contribution in [3.63, 3.8) is 0 Å². The summed E-state index contributed by atoms with van der Waals surface area (Å²) in [7, 11) is 0. The molecular formula is C38H44N6O4. The van der Waals surface area contributed by atoms with Gasteiger partial charge in [-0.1, -0.05) is 43.7 Å². The van der Waals surface area contributed by atoms with Crippen LogP contribution in [-0.4, -0.2) is 74.9 Å². The lowest BCUT2D eigenvalue weighted by molar-refractivity contribution is -0.105. The van der Waals surface area contributed by atoms with E-state index in [4.69, 9.17) is 9.47 Å². The number of hydrogen-bond donors (Lipinski definition) is 3. The quantitative estimate of drug-likeness (QED) is 0.168. The summed E-state index contributed by atoms with van der Waals surface area (Å²) in [6.07, 6.45) is 0.684. The minimum absolute atomic E-state index is 0.133. The molecule has 1 aromatic heterocycles. The zero-order valence-corrected chi connectivity index (χ0v) is 27.9. The molecule has 7 rings (SSSR count). The van der Waals surface area contributed by atoms with Crippen molar-refractivity contribution in [3.8, 4) is 11.4 Å². The average Bonchev–Trinajstić information content (AvgIpc) is 3.58. The first kappa shape index (κ1) is 34.2. The van der Waals surface area contributed by atoms with Crippen molar-refractivity contribution in [2.45, 2.75) is 20.8 Å². The summed E-state index contributed by atoms with van der Waals surface area (Å²) in [5, 5.41) is 5.60. The Hall–Kier alpha value is -5.19. The van der Waals surface area contributed by atoms with E-state index < -0.39 is 0 Å². The van der Waals surface area contributed by atoms with Gasteiger partial charge in [-0.15, -0.1) is 0 Å². The molecule has 2 amide bonds. The first-order valence-electron chi connectivity index (χ1n) is 16.5. The maximum Gasteiger partial charge on any atom is 0.255 e. The third kappa shape index (κ3) is 8.99. The van der Waals surface area contributed by atoms with Crippen molar-refractivity contribution in [2.75, 3.05) is 73.0 Å². The van der Waals surface area contributed by atoms with Gasteiger partial charge in [0, 0.05) is 60.1 Å². The number of nitrogens with one attached hydrogen (secondary N) is 3. The molecule has 0 saturated carbocycles. The third-order valence-corrected chi connectivity index (χ3v) is 8.04. The SMILES string of the molecule is CC.Cc1ccc(-c2nc3ccc(NC(=O)c4ccc(N5CCOCC5)cc4)cc3[nH]2)cc1.O=CNc1ccc(N2CCOCC2)cc1. The van der Waals surface area contributed by atoms with Crippen LogP contribution >= 0.6 is 0 Å². The molecule has 10 heteroatoms. The number of morpholine rings is 2. The van der Waals surface area contributed by atoms with E-state index >= 15 is 0 Å². The zero-order valence-electron chi connectivity index (χ0n) is 27.9. The topological polar surface area (TPSA) is 112 Å². The summed E-state index contributed by atoms with van der Waals surface area (Å²) in [5.41, 5.74) is 8.46. The van der Waals surface area contributed by atoms with Crippen LogP contribution in [0.5, 0.6) is 0 Å². The number of carbonyl (C=O) groups is 2. The summed E-state index contributed by atoms with van der Waals surface area (Å²) in [6.45, 7) is 12.7. The number of amides is 2. The molecule has 2 aliphatic heterocycles. The van der Waals surface area contributed by atoms with E-state index in [0.717, 1.165) is 92.1 Å². The molecule has 2 saturated heterocycles. The molecule has 3 N–H and O–H groups in total. The molecule has 2 aliphatic rings. The number of benzene rings is 4. The summed E-state index contributed by atoms with van der Waals surface area (Å²) >= 11 is 0. The van der Waals surface area contributed by atoms with Crippen molar-refractivity contribution in [2.24, 2.45) is 0 Å². The van der Waals surface area contributed by atoms with Gasteiger partial charge in [-0.3, -0.25) is 9.59 Å². The smallest absolute Gasteiger partial charge is 0.255 e. The number of aromatic amines is 1. The Bertz CT molecular complexity index is 1740. The largest absolute Gasteiger partial charge is 0.378 e. The number of hydrogen-bond acceptors (Lipinski definition) is 7. The molecule has 48 heavy (non-hydrogen) atoms. The van der Waals surface area contributed by atoms with E-state index in [1.165, 1.54) is 11.3 Å². The van der Waals surface area contributed by atoms with Gasteiger partial charge in [-0.05, 0) is 73.7 Å². The summed E-state index contributed by atoms with van der Waals surface area (Å²) < 4.78 is 10.7. The van der Waals surface area contributed by atoms with E-state index in [-0.39, 0.29) is 5.91 Å². The minimum Gasteiger partial charge on any atom is -0.378 e. The number of aryl methyl sites for hydroxylation is 1.